The molecule has 0 aliphatic heterocycles. The first-order chi connectivity index (χ1) is 72.7. The van der Waals surface area contributed by atoms with Crippen LogP contribution in [0.3, 0.4) is 0 Å². The van der Waals surface area contributed by atoms with Crippen molar-refractivity contribution in [3.63, 3.8) is 0 Å². The highest BCUT2D eigenvalue weighted by Crippen LogP contribution is 2.50. The molecule has 32 rings (SSSR count). The van der Waals surface area contributed by atoms with Gasteiger partial charge in [0.05, 0.1) is 0 Å². The summed E-state index contributed by atoms with van der Waals surface area (Å²) < 4.78 is 37.9. The van der Waals surface area contributed by atoms with Crippen molar-refractivity contribution in [2.24, 2.45) is 0 Å². The smallest absolute Gasteiger partial charge is 0.136 e. The van der Waals surface area contributed by atoms with Gasteiger partial charge in [0.1, 0.15) is 44.7 Å². The third kappa shape index (κ3) is 14.6. The van der Waals surface area contributed by atoms with Crippen LogP contribution in [0.4, 0.5) is 0 Å². The zero-order valence-electron chi connectivity index (χ0n) is 78.9. The van der Waals surface area contributed by atoms with Crippen molar-refractivity contribution in [2.45, 2.75) is 0 Å². The molecular formula is C138H80O4S5. The van der Waals surface area contributed by atoms with Crippen molar-refractivity contribution in [3.05, 3.63) is 485 Å². The number of hydrogen-bond donors (Lipinski definition) is 0. The summed E-state index contributed by atoms with van der Waals surface area (Å²) in [6.07, 6.45) is 0. The Morgan fingerprint density at radius 1 is 0.102 bits per heavy atom. The summed E-state index contributed by atoms with van der Waals surface area (Å²) in [5, 5.41) is 22.4. The topological polar surface area (TPSA) is 52.6 Å². The van der Waals surface area contributed by atoms with Crippen molar-refractivity contribution in [3.8, 4) is 122 Å². The predicted molar refractivity (Wildman–Crippen MR) is 633 cm³/mol. The van der Waals surface area contributed by atoms with E-state index in [0.29, 0.717) is 0 Å². The van der Waals surface area contributed by atoms with Gasteiger partial charge in [-0.3, -0.25) is 0 Å². The van der Waals surface area contributed by atoms with Crippen LogP contribution >= 0.6 is 56.7 Å². The number of thiophene rings is 5. The van der Waals surface area contributed by atoms with Gasteiger partial charge in [-0.1, -0.05) is 309 Å². The minimum atomic E-state index is 0.916. The number of fused-ring (bicyclic) bond motifs is 27. The van der Waals surface area contributed by atoms with Gasteiger partial charge in [-0.15, -0.1) is 56.7 Å². The number of furan rings is 4. The molecule has 0 radical (unpaired) electrons. The van der Waals surface area contributed by atoms with Crippen LogP contribution in [-0.4, -0.2) is 0 Å². The highest BCUT2D eigenvalue weighted by molar-refractivity contribution is 7.27. The molecule has 9 heterocycles. The highest BCUT2D eigenvalue weighted by Gasteiger charge is 2.23. The van der Waals surface area contributed by atoms with E-state index in [4.69, 9.17) is 17.7 Å². The van der Waals surface area contributed by atoms with Gasteiger partial charge in [0.15, 0.2) is 0 Å². The molecule has 9 aromatic heterocycles. The molecule has 0 N–H and O–H groups in total. The van der Waals surface area contributed by atoms with Gasteiger partial charge >= 0.3 is 0 Å². The Bertz CT molecular complexity index is 11000. The second kappa shape index (κ2) is 34.6. The standard InChI is InChI=1S/C48H28O2S.C48H28OS2.C42H24OS2/c1-3-14-41-37(10-1)47-35(12-6-16-43(47)49-41)30-20-18-29(19-21-30)32-22-24-45-39(27-32)40-28-33(23-25-46(40)51-45)31-8-5-9-34(26-31)36-13-7-17-44-48(36)38-11-2-4-15-42(38)50-44;1-3-15-42-39(13-1)48-36(14-7-16-43(48)49-42)35-11-6-10-31(25-35)33-20-23-46-41(27-33)40-26-32(19-22-45(40)50-46)29-8-5-9-30(24-29)34-18-21-38-37-12-2-4-17-44(37)51-47(38)28-34;1-3-12-36-31(9-1)33-22-27(15-18-37(33)43-36)25-7-5-8-26(21-25)28-16-19-39-34(23-28)35-24-29(17-20-40(35)44-39)30-11-6-14-41-42(30)32-10-2-4-13-38(32)45-41/h2*1-28H;1-24H. The molecule has 0 bridgehead atoms. The molecule has 686 valence electrons. The van der Waals surface area contributed by atoms with Crippen LogP contribution in [0, 0.1) is 0 Å². The zero-order valence-corrected chi connectivity index (χ0v) is 82.9. The molecule has 0 amide bonds. The lowest BCUT2D eigenvalue weighted by molar-refractivity contribution is 0.668. The van der Waals surface area contributed by atoms with Crippen LogP contribution in [0.25, 0.3) is 311 Å². The van der Waals surface area contributed by atoms with Crippen molar-refractivity contribution < 1.29 is 17.7 Å². The fourth-order valence-electron chi connectivity index (χ4n) is 22.6. The van der Waals surface area contributed by atoms with Crippen molar-refractivity contribution >= 4 is 245 Å². The van der Waals surface area contributed by atoms with E-state index in [1.165, 1.54) is 234 Å². The number of rotatable bonds is 11. The number of benzene rings is 23. The molecule has 0 saturated heterocycles. The molecule has 23 aromatic carbocycles. The third-order valence-corrected chi connectivity index (χ3v) is 35.4. The van der Waals surface area contributed by atoms with Crippen LogP contribution in [-0.2, 0) is 0 Å². The van der Waals surface area contributed by atoms with Gasteiger partial charge in [-0.05, 0) is 298 Å². The van der Waals surface area contributed by atoms with Gasteiger partial charge in [-0.2, -0.15) is 0 Å². The average molecular weight is 1960 g/mol. The van der Waals surface area contributed by atoms with E-state index in [0.717, 1.165) is 77.0 Å². The van der Waals surface area contributed by atoms with E-state index in [9.17, 15) is 0 Å². The molecule has 9 heteroatoms. The minimum Gasteiger partial charge on any atom is -0.456 e. The quantitative estimate of drug-likeness (QED) is 0.129. The van der Waals surface area contributed by atoms with Gasteiger partial charge < -0.3 is 17.7 Å². The van der Waals surface area contributed by atoms with E-state index in [1.807, 2.05) is 105 Å². The molecule has 0 aliphatic rings. The normalized spacial score (nSPS) is 11.9. The minimum absolute atomic E-state index is 0.916. The summed E-state index contributed by atoms with van der Waals surface area (Å²) in [5.41, 5.74) is 34.1. The SMILES string of the molecule is c1cc(-c2ccc3c(c2)sc2ccccc23)cc(-c2ccc3sc4ccc(-c5cccc(-c6cccc7oc8ccccc8c67)c5)cc4c3c2)c1.c1cc(-c2ccc3oc4ccccc4c3c2)cc(-c2ccc3sc4ccc(-c5cccc6sc7ccccc7c56)cc4c3c2)c1.c1cc(-c2ccc3sc4ccc(-c5ccc(-c6cccc7oc8ccccc8c67)cc5)cc4c3c2)cc(-c2cccc3oc4ccccc4c23)c1. The van der Waals surface area contributed by atoms with E-state index in [1.54, 1.807) is 0 Å². The summed E-state index contributed by atoms with van der Waals surface area (Å²) in [6.45, 7) is 0. The Morgan fingerprint density at radius 3 is 0.782 bits per heavy atom. The lowest BCUT2D eigenvalue weighted by Gasteiger charge is -2.09. The maximum atomic E-state index is 6.21. The fraction of sp³-hybridized carbons (Fsp3) is 0. The maximum Gasteiger partial charge on any atom is 0.136 e. The van der Waals surface area contributed by atoms with Crippen LogP contribution in [0.5, 0.6) is 0 Å². The fourth-order valence-corrected chi connectivity index (χ4v) is 28.1. The first kappa shape index (κ1) is 85.0. The van der Waals surface area contributed by atoms with E-state index in [2.05, 4.69) is 437 Å². The lowest BCUT2D eigenvalue weighted by Crippen LogP contribution is -1.83. The Labute approximate surface area is 863 Å². The van der Waals surface area contributed by atoms with Gasteiger partial charge in [0.25, 0.3) is 0 Å². The highest BCUT2D eigenvalue weighted by atomic mass is 32.1. The summed E-state index contributed by atoms with van der Waals surface area (Å²) in [6, 6.07) is 176. The summed E-state index contributed by atoms with van der Waals surface area (Å²) in [7, 11) is 0. The Morgan fingerprint density at radius 2 is 0.333 bits per heavy atom. The first-order valence-electron chi connectivity index (χ1n) is 49.6. The monoisotopic (exact) mass is 1960 g/mol. The van der Waals surface area contributed by atoms with E-state index < -0.39 is 0 Å². The maximum absolute atomic E-state index is 6.21. The second-order valence-corrected chi connectivity index (χ2v) is 43.6. The molecule has 0 atom stereocenters. The molecule has 32 aromatic rings. The first-order valence-corrected chi connectivity index (χ1v) is 53.7. The lowest BCUT2D eigenvalue weighted by atomic mass is 9.95. The van der Waals surface area contributed by atoms with Crippen molar-refractivity contribution in [1.82, 2.24) is 0 Å². The third-order valence-electron chi connectivity index (χ3n) is 29.7. The molecule has 0 spiro atoms. The number of para-hydroxylation sites is 4. The summed E-state index contributed by atoms with van der Waals surface area (Å²) in [4.78, 5) is 0. The Balaban J connectivity index is 0.000000102. The summed E-state index contributed by atoms with van der Waals surface area (Å²) >= 11 is 9.34. The average Bonchev–Trinajstić information content (AvgIpc) is 1.57. The van der Waals surface area contributed by atoms with Gasteiger partial charge in [0, 0.05) is 144 Å². The van der Waals surface area contributed by atoms with Crippen LogP contribution in [0.15, 0.2) is 503 Å². The van der Waals surface area contributed by atoms with Gasteiger partial charge in [0.2, 0.25) is 0 Å². The second-order valence-electron chi connectivity index (χ2n) is 38.2. The van der Waals surface area contributed by atoms with Crippen molar-refractivity contribution in [2.75, 3.05) is 0 Å². The largest absolute Gasteiger partial charge is 0.456 e. The Kier molecular flexibility index (Phi) is 20.0. The summed E-state index contributed by atoms with van der Waals surface area (Å²) in [5.74, 6) is 0. The van der Waals surface area contributed by atoms with Gasteiger partial charge in [-0.25, -0.2) is 0 Å². The van der Waals surface area contributed by atoms with Crippen LogP contribution in [0.1, 0.15) is 0 Å². The molecular weight excluding hydrogens is 1880 g/mol. The Hall–Kier alpha value is -17.6. The molecule has 147 heavy (non-hydrogen) atoms. The predicted octanol–water partition coefficient (Wildman–Crippen LogP) is 42.8. The molecule has 0 unspecified atom stereocenters. The van der Waals surface area contributed by atoms with Crippen LogP contribution < -0.4 is 0 Å². The van der Waals surface area contributed by atoms with E-state index in [-0.39, 0.29) is 0 Å². The zero-order chi connectivity index (χ0) is 96.4. The number of hydrogen-bond acceptors (Lipinski definition) is 9. The van der Waals surface area contributed by atoms with Crippen molar-refractivity contribution in [1.29, 1.82) is 0 Å². The van der Waals surface area contributed by atoms with Crippen LogP contribution in [0.2, 0.25) is 0 Å². The molecule has 0 fully saturated rings. The molecule has 4 nitrogen and oxygen atoms in total. The van der Waals surface area contributed by atoms with E-state index >= 15 is 0 Å². The molecule has 0 aliphatic carbocycles. The molecule has 0 saturated carbocycles.